The van der Waals surface area contributed by atoms with Crippen molar-refractivity contribution in [3.63, 3.8) is 0 Å². The third-order valence-electron chi connectivity index (χ3n) is 6.47. The van der Waals surface area contributed by atoms with Crippen molar-refractivity contribution in [3.8, 4) is 5.75 Å². The molecule has 3 saturated heterocycles. The van der Waals surface area contributed by atoms with Crippen LogP contribution in [0.4, 0.5) is 5.82 Å². The van der Waals surface area contributed by atoms with Crippen LogP contribution in [-0.2, 0) is 11.3 Å². The van der Waals surface area contributed by atoms with Gasteiger partial charge in [-0.3, -0.25) is 9.69 Å². The molecule has 1 N–H and O–H groups in total. The highest BCUT2D eigenvalue weighted by Gasteiger charge is 2.49. The van der Waals surface area contributed by atoms with Gasteiger partial charge in [-0.2, -0.15) is 0 Å². The molecule has 28 heavy (non-hydrogen) atoms. The Kier molecular flexibility index (Phi) is 4.23. The first kappa shape index (κ1) is 17.5. The van der Waals surface area contributed by atoms with Crippen LogP contribution in [0.2, 0.25) is 0 Å². The lowest BCUT2D eigenvalue weighted by atomic mass is 10.1. The Bertz CT molecular complexity index is 867. The van der Waals surface area contributed by atoms with Crippen molar-refractivity contribution in [2.45, 2.75) is 44.4 Å². The smallest absolute Gasteiger partial charge is 0.240 e. The van der Waals surface area contributed by atoms with Gasteiger partial charge in [0.05, 0.1) is 12.2 Å². The van der Waals surface area contributed by atoms with Gasteiger partial charge in [-0.25, -0.2) is 4.98 Å². The van der Waals surface area contributed by atoms with E-state index in [0.29, 0.717) is 18.6 Å². The third kappa shape index (κ3) is 3.02. The summed E-state index contributed by atoms with van der Waals surface area (Å²) >= 11 is 0. The molecule has 6 nitrogen and oxygen atoms in total. The second-order valence-electron chi connectivity index (χ2n) is 8.32. The summed E-state index contributed by atoms with van der Waals surface area (Å²) in [6.07, 6.45) is 3.51. The van der Waals surface area contributed by atoms with Crippen molar-refractivity contribution in [2.75, 3.05) is 24.5 Å². The lowest BCUT2D eigenvalue weighted by molar-refractivity contribution is -0.133. The maximum absolute atomic E-state index is 13.1. The fourth-order valence-electron chi connectivity index (χ4n) is 5.01. The van der Waals surface area contributed by atoms with Crippen molar-refractivity contribution in [1.82, 2.24) is 14.8 Å². The molecular formula is C22H26N4O2. The van der Waals surface area contributed by atoms with Crippen LogP contribution in [-0.4, -0.2) is 63.6 Å². The zero-order valence-electron chi connectivity index (χ0n) is 16.2. The van der Waals surface area contributed by atoms with E-state index in [9.17, 15) is 9.90 Å². The number of amides is 1. The van der Waals surface area contributed by atoms with E-state index in [1.165, 1.54) is 17.3 Å². The number of aromatic hydroxyl groups is 1. The summed E-state index contributed by atoms with van der Waals surface area (Å²) in [4.78, 5) is 24.2. The van der Waals surface area contributed by atoms with Gasteiger partial charge in [0, 0.05) is 38.3 Å². The van der Waals surface area contributed by atoms with E-state index in [4.69, 9.17) is 0 Å². The number of rotatable bonds is 4. The summed E-state index contributed by atoms with van der Waals surface area (Å²) in [6.45, 7) is 5.46. The molecule has 1 amide bonds. The van der Waals surface area contributed by atoms with Crippen LogP contribution in [0.25, 0.3) is 0 Å². The Labute approximate surface area is 165 Å². The van der Waals surface area contributed by atoms with Crippen LogP contribution in [0.1, 0.15) is 24.0 Å². The first-order valence-electron chi connectivity index (χ1n) is 10.1. The summed E-state index contributed by atoms with van der Waals surface area (Å²) in [5.41, 5.74) is 2.45. The van der Waals surface area contributed by atoms with Crippen LogP contribution in [0.3, 0.4) is 0 Å². The molecule has 3 aliphatic heterocycles. The van der Waals surface area contributed by atoms with Crippen molar-refractivity contribution >= 4 is 11.7 Å². The molecule has 0 saturated carbocycles. The molecule has 0 spiro atoms. The molecule has 4 heterocycles. The maximum Gasteiger partial charge on any atom is 0.240 e. The summed E-state index contributed by atoms with van der Waals surface area (Å²) in [6, 6.07) is 12.9. The minimum Gasteiger partial charge on any atom is -0.506 e. The minimum atomic E-state index is 0.0235. The number of anilines is 1. The molecule has 1 aromatic heterocycles. The number of aromatic nitrogens is 1. The predicted octanol–water partition coefficient (Wildman–Crippen LogP) is 2.16. The van der Waals surface area contributed by atoms with Gasteiger partial charge in [0.15, 0.2) is 0 Å². The number of hydrogen-bond acceptors (Lipinski definition) is 5. The number of piperazine rings is 1. The minimum absolute atomic E-state index is 0.0235. The average Bonchev–Trinajstić information content (AvgIpc) is 3.39. The van der Waals surface area contributed by atoms with E-state index < -0.39 is 0 Å². The van der Waals surface area contributed by atoms with Crippen LogP contribution in [0.5, 0.6) is 5.75 Å². The highest BCUT2D eigenvalue weighted by molar-refractivity contribution is 5.84. The SMILES string of the molecule is Cc1ccc(CN2CCC(N3C[C@@H]4C[C@H]3CN4c3ccc(O)cn3)C2=O)cc1. The van der Waals surface area contributed by atoms with Crippen molar-refractivity contribution in [2.24, 2.45) is 0 Å². The van der Waals surface area contributed by atoms with Gasteiger partial charge in [0.25, 0.3) is 0 Å². The fourth-order valence-corrected chi connectivity index (χ4v) is 5.01. The summed E-state index contributed by atoms with van der Waals surface area (Å²) in [5.74, 6) is 1.39. The van der Waals surface area contributed by atoms with Gasteiger partial charge in [-0.05, 0) is 37.5 Å². The van der Waals surface area contributed by atoms with Crippen molar-refractivity contribution in [1.29, 1.82) is 0 Å². The second kappa shape index (κ2) is 6.78. The zero-order chi connectivity index (χ0) is 19.3. The van der Waals surface area contributed by atoms with Gasteiger partial charge in [0.2, 0.25) is 5.91 Å². The molecule has 1 unspecified atom stereocenters. The van der Waals surface area contributed by atoms with E-state index in [2.05, 4.69) is 46.0 Å². The highest BCUT2D eigenvalue weighted by atomic mass is 16.3. The first-order valence-corrected chi connectivity index (χ1v) is 10.1. The van der Waals surface area contributed by atoms with E-state index in [1.54, 1.807) is 6.07 Å². The van der Waals surface area contributed by atoms with Gasteiger partial charge < -0.3 is 14.9 Å². The van der Waals surface area contributed by atoms with E-state index in [-0.39, 0.29) is 17.7 Å². The number of benzene rings is 1. The number of pyridine rings is 1. The molecule has 2 bridgehead atoms. The molecule has 1 aromatic carbocycles. The summed E-state index contributed by atoms with van der Waals surface area (Å²) in [7, 11) is 0. The molecule has 146 valence electrons. The lowest BCUT2D eigenvalue weighted by Gasteiger charge is -2.37. The van der Waals surface area contributed by atoms with Gasteiger partial charge in [-0.15, -0.1) is 0 Å². The first-order chi connectivity index (χ1) is 13.6. The van der Waals surface area contributed by atoms with Crippen LogP contribution in [0.15, 0.2) is 42.6 Å². The standard InChI is InChI=1S/C22H26N4O2/c1-15-2-4-16(5-3-15)12-24-9-8-20(22(24)28)25-13-18-10-17(25)14-26(18)21-7-6-19(27)11-23-21/h2-7,11,17-18,20,27H,8-10,12-14H2,1H3/t17-,18-,20?/m0/s1. The highest BCUT2D eigenvalue weighted by Crippen LogP contribution is 2.37. The Balaban J connectivity index is 1.23. The number of nitrogens with zero attached hydrogens (tertiary/aromatic N) is 4. The number of aryl methyl sites for hydroxylation is 1. The Hall–Kier alpha value is -2.60. The molecule has 3 fully saturated rings. The van der Waals surface area contributed by atoms with Crippen LogP contribution < -0.4 is 4.90 Å². The molecular weight excluding hydrogens is 352 g/mol. The van der Waals surface area contributed by atoms with Crippen molar-refractivity contribution < 1.29 is 9.90 Å². The van der Waals surface area contributed by atoms with Gasteiger partial charge >= 0.3 is 0 Å². The number of hydrogen-bond donors (Lipinski definition) is 1. The molecule has 6 heteroatoms. The van der Waals surface area contributed by atoms with Gasteiger partial charge in [-0.1, -0.05) is 29.8 Å². The largest absolute Gasteiger partial charge is 0.506 e. The molecule has 0 aliphatic carbocycles. The Morgan fingerprint density at radius 1 is 1.11 bits per heavy atom. The molecule has 3 atom stereocenters. The summed E-state index contributed by atoms with van der Waals surface area (Å²) < 4.78 is 0. The number of carbonyl (C=O) groups excluding carboxylic acids is 1. The molecule has 3 aliphatic rings. The topological polar surface area (TPSA) is 59.9 Å². The van der Waals surface area contributed by atoms with Crippen LogP contribution in [0, 0.1) is 6.92 Å². The lowest BCUT2D eigenvalue weighted by Crippen LogP contribution is -2.52. The molecule has 2 aromatic rings. The van der Waals surface area contributed by atoms with Crippen molar-refractivity contribution in [3.05, 3.63) is 53.7 Å². The number of likely N-dealkylation sites (tertiary alicyclic amines) is 2. The van der Waals surface area contributed by atoms with E-state index in [0.717, 1.165) is 38.3 Å². The third-order valence-corrected chi connectivity index (χ3v) is 6.47. The van der Waals surface area contributed by atoms with Crippen LogP contribution >= 0.6 is 0 Å². The molecule has 5 rings (SSSR count). The van der Waals surface area contributed by atoms with E-state index >= 15 is 0 Å². The average molecular weight is 378 g/mol. The fraction of sp³-hybridized carbons (Fsp3) is 0.455. The second-order valence-corrected chi connectivity index (χ2v) is 8.32. The molecule has 0 radical (unpaired) electrons. The summed E-state index contributed by atoms with van der Waals surface area (Å²) in [5, 5.41) is 9.46. The number of carbonyl (C=O) groups is 1. The monoisotopic (exact) mass is 378 g/mol. The quantitative estimate of drug-likeness (QED) is 0.884. The van der Waals surface area contributed by atoms with Gasteiger partial charge in [0.1, 0.15) is 11.6 Å². The zero-order valence-corrected chi connectivity index (χ0v) is 16.2. The maximum atomic E-state index is 13.1. The Morgan fingerprint density at radius 3 is 2.61 bits per heavy atom. The normalized spacial score (nSPS) is 27.2. The Morgan fingerprint density at radius 2 is 1.93 bits per heavy atom. The number of fused-ring (bicyclic) bond motifs is 2. The predicted molar refractivity (Wildman–Crippen MR) is 107 cm³/mol. The van der Waals surface area contributed by atoms with E-state index in [1.807, 2.05) is 11.0 Å².